The van der Waals surface area contributed by atoms with Crippen molar-refractivity contribution in [2.45, 2.75) is 13.0 Å². The van der Waals surface area contributed by atoms with E-state index >= 15 is 0 Å². The maximum Gasteiger partial charge on any atom is 0.341 e. The second-order valence-corrected chi connectivity index (χ2v) is 8.66. The van der Waals surface area contributed by atoms with E-state index in [1.807, 2.05) is 59.3 Å². The summed E-state index contributed by atoms with van der Waals surface area (Å²) in [6.07, 6.45) is 0.786. The Balaban J connectivity index is 1.83. The third-order valence-corrected chi connectivity index (χ3v) is 5.93. The summed E-state index contributed by atoms with van der Waals surface area (Å²) >= 11 is 3.51. The summed E-state index contributed by atoms with van der Waals surface area (Å²) in [5.41, 5.74) is 4.21. The maximum atomic E-state index is 11.2. The molecule has 0 bridgehead atoms. The topological polar surface area (TPSA) is 82.8 Å². The van der Waals surface area contributed by atoms with Crippen molar-refractivity contribution in [1.29, 1.82) is 0 Å². The molecular formula is C27H25BrN2O5. The lowest BCUT2D eigenvalue weighted by atomic mass is 10.1. The lowest BCUT2D eigenvalue weighted by Crippen LogP contribution is -2.11. The summed E-state index contributed by atoms with van der Waals surface area (Å²) in [5.74, 6) is 0.379. The van der Waals surface area contributed by atoms with Gasteiger partial charge in [-0.15, -0.1) is 0 Å². The third-order valence-electron chi connectivity index (χ3n) is 5.47. The molecule has 0 unspecified atom stereocenters. The molecule has 4 rings (SSSR count). The number of rotatable bonds is 10. The Labute approximate surface area is 212 Å². The van der Waals surface area contributed by atoms with Crippen LogP contribution in [0.3, 0.4) is 0 Å². The Morgan fingerprint density at radius 2 is 1.66 bits per heavy atom. The molecule has 0 fully saturated rings. The van der Waals surface area contributed by atoms with Gasteiger partial charge in [0.2, 0.25) is 0 Å². The van der Waals surface area contributed by atoms with Crippen LogP contribution < -0.4 is 14.2 Å². The van der Waals surface area contributed by atoms with Crippen LogP contribution in [0, 0.1) is 0 Å². The number of para-hydroxylation sites is 1. The molecule has 1 N–H and O–H groups in total. The average molecular weight is 537 g/mol. The number of halogens is 1. The molecular weight excluding hydrogens is 512 g/mol. The van der Waals surface area contributed by atoms with Crippen molar-refractivity contribution in [3.63, 3.8) is 0 Å². The number of ether oxygens (including phenoxy) is 3. The van der Waals surface area contributed by atoms with E-state index < -0.39 is 12.6 Å². The minimum atomic E-state index is -1.08. The fraction of sp³-hybridized carbons (Fsp3) is 0.185. The molecule has 0 spiro atoms. The second-order valence-electron chi connectivity index (χ2n) is 7.74. The molecule has 8 heteroatoms. The van der Waals surface area contributed by atoms with Crippen LogP contribution in [0.2, 0.25) is 0 Å². The lowest BCUT2D eigenvalue weighted by Gasteiger charge is -2.13. The Kier molecular flexibility index (Phi) is 7.72. The monoisotopic (exact) mass is 536 g/mol. The largest absolute Gasteiger partial charge is 0.496 e. The van der Waals surface area contributed by atoms with E-state index in [0.717, 1.165) is 27.9 Å². The number of carbonyl (C=O) groups is 1. The molecule has 0 saturated carbocycles. The molecule has 1 heterocycles. The highest BCUT2D eigenvalue weighted by Gasteiger charge is 2.21. The zero-order valence-electron chi connectivity index (χ0n) is 19.4. The number of carboxylic acid groups (broad SMARTS) is 1. The molecule has 180 valence electrons. The van der Waals surface area contributed by atoms with Crippen LogP contribution in [-0.4, -0.2) is 41.7 Å². The Hall–Kier alpha value is -3.78. The number of aromatic nitrogens is 2. The number of aliphatic carboxylic acids is 1. The molecule has 0 aliphatic carbocycles. The predicted molar refractivity (Wildman–Crippen MR) is 137 cm³/mol. The van der Waals surface area contributed by atoms with E-state index in [1.165, 1.54) is 12.7 Å². The van der Waals surface area contributed by atoms with Crippen molar-refractivity contribution in [1.82, 2.24) is 9.78 Å². The van der Waals surface area contributed by atoms with Gasteiger partial charge >= 0.3 is 5.97 Å². The number of nitrogens with zero attached hydrogens (tertiary/aromatic N) is 2. The molecule has 35 heavy (non-hydrogen) atoms. The molecule has 0 atom stereocenters. The van der Waals surface area contributed by atoms with Crippen molar-refractivity contribution < 1.29 is 24.1 Å². The first kappa shape index (κ1) is 24.3. The zero-order valence-corrected chi connectivity index (χ0v) is 21.0. The number of hydrogen-bond acceptors (Lipinski definition) is 5. The normalized spacial score (nSPS) is 10.7. The highest BCUT2D eigenvalue weighted by molar-refractivity contribution is 9.10. The first-order valence-corrected chi connectivity index (χ1v) is 11.8. The summed E-state index contributed by atoms with van der Waals surface area (Å²) in [4.78, 5) is 11.2. The van der Waals surface area contributed by atoms with Crippen molar-refractivity contribution in [2.75, 3.05) is 20.8 Å². The van der Waals surface area contributed by atoms with Gasteiger partial charge in [-0.1, -0.05) is 58.4 Å². The quantitative estimate of drug-likeness (QED) is 0.279. The van der Waals surface area contributed by atoms with E-state index in [4.69, 9.17) is 19.3 Å². The van der Waals surface area contributed by atoms with Crippen LogP contribution in [0.4, 0.5) is 0 Å². The van der Waals surface area contributed by atoms with Crippen molar-refractivity contribution in [2.24, 2.45) is 0 Å². The molecule has 3 aromatic carbocycles. The Bertz CT molecular complexity index is 1320. The highest BCUT2D eigenvalue weighted by Crippen LogP contribution is 2.42. The maximum absolute atomic E-state index is 11.2. The van der Waals surface area contributed by atoms with Gasteiger partial charge in [0.15, 0.2) is 18.1 Å². The summed E-state index contributed by atoms with van der Waals surface area (Å²) in [6, 6.07) is 23.5. The van der Waals surface area contributed by atoms with Crippen LogP contribution in [-0.2, 0) is 17.8 Å². The number of methoxy groups -OCH3 is 2. The summed E-state index contributed by atoms with van der Waals surface area (Å²) in [5, 5.41) is 14.1. The van der Waals surface area contributed by atoms with Crippen LogP contribution in [0.15, 0.2) is 77.3 Å². The van der Waals surface area contributed by atoms with Gasteiger partial charge in [-0.3, -0.25) is 4.68 Å². The average Bonchev–Trinajstić information content (AvgIpc) is 3.30. The van der Waals surface area contributed by atoms with Crippen molar-refractivity contribution >= 4 is 21.9 Å². The summed E-state index contributed by atoms with van der Waals surface area (Å²) < 4.78 is 19.4. The first-order chi connectivity index (χ1) is 17.0. The smallest absolute Gasteiger partial charge is 0.341 e. The molecule has 0 radical (unpaired) electrons. The van der Waals surface area contributed by atoms with Gasteiger partial charge in [0.05, 0.1) is 25.6 Å². The van der Waals surface area contributed by atoms with Gasteiger partial charge in [-0.25, -0.2) is 4.79 Å². The van der Waals surface area contributed by atoms with Gasteiger partial charge in [-0.05, 0) is 42.3 Å². The van der Waals surface area contributed by atoms with Gasteiger partial charge in [-0.2, -0.15) is 5.10 Å². The molecule has 7 nitrogen and oxygen atoms in total. The fourth-order valence-corrected chi connectivity index (χ4v) is 4.30. The van der Waals surface area contributed by atoms with E-state index in [0.29, 0.717) is 29.3 Å². The molecule has 1 aromatic heterocycles. The third kappa shape index (κ3) is 5.66. The summed E-state index contributed by atoms with van der Waals surface area (Å²) in [6.45, 7) is 0.132. The lowest BCUT2D eigenvalue weighted by molar-refractivity contribution is -0.139. The van der Waals surface area contributed by atoms with Crippen LogP contribution >= 0.6 is 15.9 Å². The Morgan fingerprint density at radius 1 is 0.943 bits per heavy atom. The molecule has 0 aliphatic rings. The first-order valence-electron chi connectivity index (χ1n) is 11.0. The predicted octanol–water partition coefficient (Wildman–Crippen LogP) is 5.70. The van der Waals surface area contributed by atoms with Crippen LogP contribution in [0.5, 0.6) is 17.2 Å². The van der Waals surface area contributed by atoms with Gasteiger partial charge in [0.1, 0.15) is 5.75 Å². The van der Waals surface area contributed by atoms with Gasteiger partial charge < -0.3 is 19.3 Å². The standard InChI is InChI=1S/C27H25BrN2O5/c1-33-24-11-7-6-10-20(24)23-16-22(29-30(23)13-12-18-8-4-3-5-9-18)21-14-19(28)15-25(34-2)27(21)35-17-26(31)32/h3-11,14-16H,12-13,17H2,1-2H3,(H,31,32). The van der Waals surface area contributed by atoms with E-state index in [2.05, 4.69) is 28.1 Å². The highest BCUT2D eigenvalue weighted by atomic mass is 79.9. The van der Waals surface area contributed by atoms with Gasteiger partial charge in [0.25, 0.3) is 0 Å². The number of hydrogen-bond donors (Lipinski definition) is 1. The minimum Gasteiger partial charge on any atom is -0.496 e. The number of carboxylic acids is 1. The van der Waals surface area contributed by atoms with Crippen molar-refractivity contribution in [3.8, 4) is 39.8 Å². The van der Waals surface area contributed by atoms with Gasteiger partial charge in [0, 0.05) is 22.1 Å². The molecule has 0 saturated heterocycles. The fourth-order valence-electron chi connectivity index (χ4n) is 3.86. The second kappa shape index (κ2) is 11.1. The SMILES string of the molecule is COc1ccccc1-c1cc(-c2cc(Br)cc(OC)c2OCC(=O)O)nn1CCc1ccccc1. The molecule has 0 amide bonds. The number of benzene rings is 3. The van der Waals surface area contributed by atoms with E-state index in [1.54, 1.807) is 13.2 Å². The van der Waals surface area contributed by atoms with Crippen LogP contribution in [0.25, 0.3) is 22.5 Å². The van der Waals surface area contributed by atoms with E-state index in [-0.39, 0.29) is 0 Å². The summed E-state index contributed by atoms with van der Waals surface area (Å²) in [7, 11) is 3.15. The molecule has 4 aromatic rings. The van der Waals surface area contributed by atoms with Crippen molar-refractivity contribution in [3.05, 3.63) is 82.8 Å². The van der Waals surface area contributed by atoms with Crippen LogP contribution in [0.1, 0.15) is 5.56 Å². The molecule has 0 aliphatic heterocycles. The minimum absolute atomic E-state index is 0.317. The van der Waals surface area contributed by atoms with E-state index in [9.17, 15) is 9.90 Å². The number of aryl methyl sites for hydroxylation is 2. The zero-order chi connectivity index (χ0) is 24.8. The Morgan fingerprint density at radius 3 is 2.37 bits per heavy atom.